The van der Waals surface area contributed by atoms with Crippen LogP contribution in [0.15, 0.2) is 66.7 Å². The summed E-state index contributed by atoms with van der Waals surface area (Å²) in [7, 11) is 0. The molecular formula is C45H61ClO7. The van der Waals surface area contributed by atoms with Crippen LogP contribution in [0.25, 0.3) is 11.1 Å². The summed E-state index contributed by atoms with van der Waals surface area (Å²) in [5, 5.41) is 0.548. The predicted octanol–water partition coefficient (Wildman–Crippen LogP) is 12.8. The summed E-state index contributed by atoms with van der Waals surface area (Å²) in [6.45, 7) is 6.92. The van der Waals surface area contributed by atoms with E-state index in [9.17, 15) is 14.4 Å². The van der Waals surface area contributed by atoms with E-state index in [2.05, 4.69) is 13.8 Å². The Hall–Kier alpha value is -3.84. The molecule has 0 spiro atoms. The molecule has 53 heavy (non-hydrogen) atoms. The molecule has 0 aromatic heterocycles. The molecular weight excluding hydrogens is 688 g/mol. The lowest BCUT2D eigenvalue weighted by molar-refractivity contribution is -0.153. The van der Waals surface area contributed by atoms with Crippen molar-refractivity contribution in [1.29, 1.82) is 0 Å². The van der Waals surface area contributed by atoms with E-state index in [1.807, 2.05) is 30.3 Å². The average Bonchev–Trinajstić information content (AvgIpc) is 3.17. The second-order valence-corrected chi connectivity index (χ2v) is 14.3. The van der Waals surface area contributed by atoms with Crippen LogP contribution in [0.1, 0.15) is 157 Å². The van der Waals surface area contributed by atoms with Gasteiger partial charge >= 0.3 is 17.9 Å². The first-order valence-electron chi connectivity index (χ1n) is 20.0. The lowest BCUT2D eigenvalue weighted by Crippen LogP contribution is -2.26. The van der Waals surface area contributed by atoms with Crippen molar-refractivity contribution in [1.82, 2.24) is 0 Å². The minimum absolute atomic E-state index is 0.228. The van der Waals surface area contributed by atoms with Gasteiger partial charge in [-0.05, 0) is 79.4 Å². The molecule has 7 nitrogen and oxygen atoms in total. The number of halogens is 1. The SMILES string of the molecule is CCCCCCCCCCCCOC(=O)C(C)OC(=O)c1ccc(OC(=O)c2ccc(-c3ccc(OCCCCCCCCCC)c(Cl)c3)cc2)cc1. The van der Waals surface area contributed by atoms with Gasteiger partial charge < -0.3 is 18.9 Å². The van der Waals surface area contributed by atoms with Crippen LogP contribution in [0, 0.1) is 0 Å². The van der Waals surface area contributed by atoms with E-state index < -0.39 is 24.0 Å². The van der Waals surface area contributed by atoms with Crippen molar-refractivity contribution >= 4 is 29.5 Å². The molecule has 1 unspecified atom stereocenters. The van der Waals surface area contributed by atoms with E-state index in [0.29, 0.717) is 29.5 Å². The summed E-state index contributed by atoms with van der Waals surface area (Å²) in [6, 6.07) is 18.8. The molecule has 3 aromatic carbocycles. The monoisotopic (exact) mass is 748 g/mol. The third-order valence-electron chi connectivity index (χ3n) is 9.30. The van der Waals surface area contributed by atoms with Crippen LogP contribution in [-0.2, 0) is 14.3 Å². The third kappa shape index (κ3) is 17.2. The molecule has 0 radical (unpaired) electrons. The molecule has 0 aliphatic heterocycles. The Labute approximate surface area is 323 Å². The molecule has 3 aromatic rings. The van der Waals surface area contributed by atoms with E-state index in [0.717, 1.165) is 43.2 Å². The second-order valence-electron chi connectivity index (χ2n) is 13.9. The minimum Gasteiger partial charge on any atom is -0.492 e. The summed E-state index contributed by atoms with van der Waals surface area (Å²) in [5.74, 6) is -0.818. The zero-order valence-electron chi connectivity index (χ0n) is 32.3. The molecule has 0 amide bonds. The van der Waals surface area contributed by atoms with Gasteiger partial charge in [0.15, 0.2) is 6.10 Å². The molecule has 0 heterocycles. The molecule has 3 rings (SSSR count). The number of unbranched alkanes of at least 4 members (excludes halogenated alkanes) is 16. The number of rotatable bonds is 27. The largest absolute Gasteiger partial charge is 0.492 e. The van der Waals surface area contributed by atoms with Crippen molar-refractivity contribution in [3.05, 3.63) is 82.9 Å². The molecule has 0 N–H and O–H groups in total. The molecule has 0 fully saturated rings. The van der Waals surface area contributed by atoms with Gasteiger partial charge in [-0.2, -0.15) is 0 Å². The van der Waals surface area contributed by atoms with Crippen LogP contribution in [-0.4, -0.2) is 37.2 Å². The fraction of sp³-hybridized carbons (Fsp3) is 0.533. The lowest BCUT2D eigenvalue weighted by atomic mass is 10.0. The fourth-order valence-electron chi connectivity index (χ4n) is 6.00. The van der Waals surface area contributed by atoms with Crippen molar-refractivity contribution in [3.8, 4) is 22.6 Å². The molecule has 1 atom stereocenters. The Morgan fingerprint density at radius 1 is 0.566 bits per heavy atom. The first-order valence-corrected chi connectivity index (χ1v) is 20.4. The predicted molar refractivity (Wildman–Crippen MR) is 214 cm³/mol. The molecule has 0 bridgehead atoms. The van der Waals surface area contributed by atoms with E-state index in [-0.39, 0.29) is 11.3 Å². The van der Waals surface area contributed by atoms with Gasteiger partial charge in [-0.15, -0.1) is 0 Å². The van der Waals surface area contributed by atoms with E-state index in [1.165, 1.54) is 115 Å². The number of esters is 3. The van der Waals surface area contributed by atoms with Crippen LogP contribution in [0.2, 0.25) is 5.02 Å². The Balaban J connectivity index is 1.35. The van der Waals surface area contributed by atoms with Crippen molar-refractivity contribution < 1.29 is 33.3 Å². The quantitative estimate of drug-likeness (QED) is 0.0435. The highest BCUT2D eigenvalue weighted by atomic mass is 35.5. The first-order chi connectivity index (χ1) is 25.8. The molecule has 0 saturated heterocycles. The van der Waals surface area contributed by atoms with Gasteiger partial charge in [0.05, 0.1) is 29.4 Å². The summed E-state index contributed by atoms with van der Waals surface area (Å²) < 4.78 is 22.1. The molecule has 0 aliphatic carbocycles. The van der Waals surface area contributed by atoms with Crippen LogP contribution >= 0.6 is 11.6 Å². The molecule has 290 valence electrons. The smallest absolute Gasteiger partial charge is 0.347 e. The Bertz CT molecular complexity index is 1490. The van der Waals surface area contributed by atoms with E-state index in [4.69, 9.17) is 30.5 Å². The van der Waals surface area contributed by atoms with Crippen LogP contribution in [0.4, 0.5) is 0 Å². The van der Waals surface area contributed by atoms with Crippen LogP contribution < -0.4 is 9.47 Å². The topological polar surface area (TPSA) is 88.1 Å². The molecule has 0 aliphatic rings. The van der Waals surface area contributed by atoms with Gasteiger partial charge in [-0.1, -0.05) is 146 Å². The number of ether oxygens (including phenoxy) is 4. The zero-order chi connectivity index (χ0) is 38.1. The highest BCUT2D eigenvalue weighted by Crippen LogP contribution is 2.31. The summed E-state index contributed by atoms with van der Waals surface area (Å²) in [6.07, 6.45) is 20.9. The highest BCUT2D eigenvalue weighted by Gasteiger charge is 2.20. The van der Waals surface area contributed by atoms with E-state index in [1.54, 1.807) is 12.1 Å². The van der Waals surface area contributed by atoms with Gasteiger partial charge in [0.2, 0.25) is 0 Å². The maximum absolute atomic E-state index is 12.8. The second kappa shape index (κ2) is 26.0. The zero-order valence-corrected chi connectivity index (χ0v) is 33.1. The van der Waals surface area contributed by atoms with Gasteiger partial charge in [0.25, 0.3) is 0 Å². The Kier molecular flexibility index (Phi) is 21.4. The van der Waals surface area contributed by atoms with Crippen molar-refractivity contribution in [2.24, 2.45) is 0 Å². The maximum atomic E-state index is 12.8. The highest BCUT2D eigenvalue weighted by molar-refractivity contribution is 6.32. The van der Waals surface area contributed by atoms with Gasteiger partial charge in [0, 0.05) is 0 Å². The maximum Gasteiger partial charge on any atom is 0.347 e. The van der Waals surface area contributed by atoms with Crippen molar-refractivity contribution in [2.45, 2.75) is 142 Å². The van der Waals surface area contributed by atoms with Crippen LogP contribution in [0.5, 0.6) is 11.5 Å². The number of benzene rings is 3. The molecule has 0 saturated carbocycles. The first kappa shape index (κ1) is 43.6. The standard InChI is InChI=1S/C45H61ClO7/c1-4-6-8-10-12-14-15-17-19-21-33-51-43(47)35(3)52-44(48)38-26-29-40(30-27-38)53-45(49)37-24-22-36(23-25-37)39-28-31-42(41(46)34-39)50-32-20-18-16-13-11-9-7-5-2/h22-31,34-35H,4-21,32-33H2,1-3H3. The van der Waals surface area contributed by atoms with Crippen molar-refractivity contribution in [3.63, 3.8) is 0 Å². The van der Waals surface area contributed by atoms with Gasteiger partial charge in [-0.25, -0.2) is 14.4 Å². The normalized spacial score (nSPS) is 11.5. The van der Waals surface area contributed by atoms with Crippen molar-refractivity contribution in [2.75, 3.05) is 13.2 Å². The Morgan fingerprint density at radius 3 is 1.58 bits per heavy atom. The van der Waals surface area contributed by atoms with E-state index >= 15 is 0 Å². The average molecular weight is 749 g/mol. The number of hydrogen-bond donors (Lipinski definition) is 0. The summed E-state index contributed by atoms with van der Waals surface area (Å²) in [5.41, 5.74) is 2.41. The summed E-state index contributed by atoms with van der Waals surface area (Å²) >= 11 is 6.53. The number of carbonyl (C=O) groups excluding carboxylic acids is 3. The Morgan fingerprint density at radius 2 is 1.04 bits per heavy atom. The third-order valence-corrected chi connectivity index (χ3v) is 9.60. The summed E-state index contributed by atoms with van der Waals surface area (Å²) in [4.78, 5) is 37.8. The minimum atomic E-state index is -1.03. The number of carbonyl (C=O) groups is 3. The number of hydrogen-bond acceptors (Lipinski definition) is 7. The molecule has 8 heteroatoms. The fourth-order valence-corrected chi connectivity index (χ4v) is 6.23. The van der Waals surface area contributed by atoms with Gasteiger partial charge in [-0.3, -0.25) is 0 Å². The lowest BCUT2D eigenvalue weighted by Gasteiger charge is -2.13. The van der Waals surface area contributed by atoms with Gasteiger partial charge in [0.1, 0.15) is 11.5 Å². The van der Waals surface area contributed by atoms with Crippen LogP contribution in [0.3, 0.4) is 0 Å².